The molecule has 12 heteroatoms. The fraction of sp³-hybridized carbons (Fsp3) is 0.310. The average molecular weight is 604 g/mol. The minimum absolute atomic E-state index is 0.0347. The van der Waals surface area contributed by atoms with Crippen LogP contribution in [0.4, 0.5) is 10.1 Å². The van der Waals surface area contributed by atoms with Gasteiger partial charge in [-0.15, -0.1) is 0 Å². The van der Waals surface area contributed by atoms with E-state index >= 15 is 0 Å². The van der Waals surface area contributed by atoms with Crippen molar-refractivity contribution in [1.82, 2.24) is 10.2 Å². The number of hydrogen-bond donors (Lipinski definition) is 2. The van der Waals surface area contributed by atoms with Gasteiger partial charge in [0, 0.05) is 30.4 Å². The molecule has 3 aromatic carbocycles. The topological polar surface area (TPSA) is 114 Å². The van der Waals surface area contributed by atoms with Crippen LogP contribution in [0.1, 0.15) is 25.3 Å². The van der Waals surface area contributed by atoms with Crippen molar-refractivity contribution in [3.63, 3.8) is 0 Å². The van der Waals surface area contributed by atoms with Crippen LogP contribution in [0.5, 0.6) is 5.75 Å². The van der Waals surface area contributed by atoms with E-state index < -0.39 is 27.8 Å². The van der Waals surface area contributed by atoms with Gasteiger partial charge in [-0.05, 0) is 86.0 Å². The molecule has 0 unspecified atom stereocenters. The Kier molecular flexibility index (Phi) is 10.2. The molecule has 2 atom stereocenters. The predicted octanol–water partition coefficient (Wildman–Crippen LogP) is 4.37. The van der Waals surface area contributed by atoms with Crippen LogP contribution in [0.15, 0.2) is 77.7 Å². The maximum Gasteiger partial charge on any atom is 0.261 e. The lowest BCUT2D eigenvalue weighted by Gasteiger charge is -2.29. The van der Waals surface area contributed by atoms with E-state index in [2.05, 4.69) is 10.0 Å². The second kappa shape index (κ2) is 13.8. The molecule has 9 nitrogen and oxygen atoms in total. The molecular weight excluding hydrogens is 573 g/mol. The highest BCUT2D eigenvalue weighted by Crippen LogP contribution is 2.20. The number of amides is 2. The summed E-state index contributed by atoms with van der Waals surface area (Å²) in [7, 11) is -3.92. The van der Waals surface area contributed by atoms with Crippen molar-refractivity contribution in [2.45, 2.75) is 43.4 Å². The third-order valence-corrected chi connectivity index (χ3v) is 8.20. The molecule has 4 rings (SSSR count). The molecule has 0 saturated carbocycles. The van der Waals surface area contributed by atoms with Crippen molar-refractivity contribution in [2.75, 3.05) is 24.5 Å². The van der Waals surface area contributed by atoms with Crippen molar-refractivity contribution in [1.29, 1.82) is 0 Å². The van der Waals surface area contributed by atoms with Gasteiger partial charge in [0.05, 0.1) is 11.0 Å². The zero-order chi connectivity index (χ0) is 29.4. The van der Waals surface area contributed by atoms with Gasteiger partial charge in [-0.3, -0.25) is 14.3 Å². The first kappa shape index (κ1) is 30.3. The van der Waals surface area contributed by atoms with Crippen molar-refractivity contribution in [3.05, 3.63) is 89.2 Å². The maximum absolute atomic E-state index is 13.3. The molecule has 2 amide bonds. The lowest BCUT2D eigenvalue weighted by Crippen LogP contribution is -2.50. The van der Waals surface area contributed by atoms with Crippen molar-refractivity contribution in [3.8, 4) is 5.75 Å². The number of rotatable bonds is 12. The lowest BCUT2D eigenvalue weighted by atomic mass is 10.1. The first-order valence-electron chi connectivity index (χ1n) is 13.1. The van der Waals surface area contributed by atoms with Gasteiger partial charge in [0.25, 0.3) is 15.9 Å². The van der Waals surface area contributed by atoms with E-state index in [1.165, 1.54) is 41.3 Å². The van der Waals surface area contributed by atoms with Crippen LogP contribution in [-0.2, 0) is 30.9 Å². The van der Waals surface area contributed by atoms with Crippen molar-refractivity contribution in [2.24, 2.45) is 0 Å². The predicted molar refractivity (Wildman–Crippen MR) is 153 cm³/mol. The quantitative estimate of drug-likeness (QED) is 0.318. The largest absolute Gasteiger partial charge is 0.484 e. The summed E-state index contributed by atoms with van der Waals surface area (Å²) in [5, 5.41) is 3.42. The number of carbonyl (C=O) groups is 2. The van der Waals surface area contributed by atoms with Crippen molar-refractivity contribution < 1.29 is 31.9 Å². The van der Waals surface area contributed by atoms with Crippen LogP contribution in [-0.4, -0.2) is 57.0 Å². The van der Waals surface area contributed by atoms with E-state index in [1.807, 2.05) is 0 Å². The molecule has 0 radical (unpaired) electrons. The Morgan fingerprint density at radius 1 is 1.07 bits per heavy atom. The molecule has 1 saturated heterocycles. The van der Waals surface area contributed by atoms with Crippen LogP contribution < -0.4 is 14.8 Å². The standard InChI is InChI=1S/C29H31ClFN3O6S/c1-20(29(36)32-17-26-3-2-16-39-26)34(18-21-4-6-22(30)7-5-21)28(35)19-40-25-12-14-27(15-13-25)41(37,38)33-24-10-8-23(31)9-11-24/h4-15,20,26,33H,2-3,16-19H2,1H3,(H,32,36)/t20-,26-/m1/s1. The first-order valence-corrected chi connectivity index (χ1v) is 14.9. The van der Waals surface area contributed by atoms with Gasteiger partial charge < -0.3 is 19.7 Å². The van der Waals surface area contributed by atoms with Crippen LogP contribution in [0.3, 0.4) is 0 Å². The summed E-state index contributed by atoms with van der Waals surface area (Å²) in [6.07, 6.45) is 1.79. The summed E-state index contributed by atoms with van der Waals surface area (Å²) in [6.45, 7) is 2.46. The number of hydrogen-bond acceptors (Lipinski definition) is 6. The highest BCUT2D eigenvalue weighted by Gasteiger charge is 2.27. The smallest absolute Gasteiger partial charge is 0.261 e. The molecule has 1 aliphatic rings. The number of sulfonamides is 1. The van der Waals surface area contributed by atoms with Gasteiger partial charge in [0.1, 0.15) is 17.6 Å². The minimum Gasteiger partial charge on any atom is -0.484 e. The fourth-order valence-electron chi connectivity index (χ4n) is 4.21. The summed E-state index contributed by atoms with van der Waals surface area (Å²) in [4.78, 5) is 27.6. The second-order valence-electron chi connectivity index (χ2n) is 9.58. The van der Waals surface area contributed by atoms with Gasteiger partial charge in [-0.25, -0.2) is 12.8 Å². The Bertz CT molecular complexity index is 1430. The SMILES string of the molecule is C[C@H](C(=O)NC[C@H]1CCCO1)N(Cc1ccc(Cl)cc1)C(=O)COc1ccc(S(=O)(=O)Nc2ccc(F)cc2)cc1. The van der Waals surface area contributed by atoms with E-state index in [1.54, 1.807) is 31.2 Å². The first-order chi connectivity index (χ1) is 19.6. The van der Waals surface area contributed by atoms with Crippen molar-refractivity contribution >= 4 is 39.1 Å². The van der Waals surface area contributed by atoms with E-state index in [-0.39, 0.29) is 41.5 Å². The van der Waals surface area contributed by atoms with Crippen LogP contribution >= 0.6 is 11.6 Å². The van der Waals surface area contributed by atoms with Gasteiger partial charge in [-0.1, -0.05) is 23.7 Å². The Morgan fingerprint density at radius 3 is 2.39 bits per heavy atom. The molecule has 1 heterocycles. The van der Waals surface area contributed by atoms with Gasteiger partial charge >= 0.3 is 0 Å². The average Bonchev–Trinajstić information content (AvgIpc) is 3.49. The molecule has 1 aliphatic heterocycles. The molecule has 41 heavy (non-hydrogen) atoms. The molecule has 0 aliphatic carbocycles. The Balaban J connectivity index is 1.39. The number of nitrogens with zero attached hydrogens (tertiary/aromatic N) is 1. The molecule has 0 aromatic heterocycles. The van der Waals surface area contributed by atoms with Gasteiger partial charge in [-0.2, -0.15) is 0 Å². The van der Waals surface area contributed by atoms with E-state index in [4.69, 9.17) is 21.1 Å². The van der Waals surface area contributed by atoms with Crippen LogP contribution in [0.2, 0.25) is 5.02 Å². The molecule has 218 valence electrons. The molecular formula is C29H31ClFN3O6S. The Morgan fingerprint density at radius 2 is 1.76 bits per heavy atom. The number of nitrogens with one attached hydrogen (secondary N) is 2. The summed E-state index contributed by atoms with van der Waals surface area (Å²) in [6, 6.07) is 16.6. The molecule has 1 fully saturated rings. The maximum atomic E-state index is 13.3. The second-order valence-corrected chi connectivity index (χ2v) is 11.7. The van der Waals surface area contributed by atoms with Gasteiger partial charge in [0.15, 0.2) is 6.61 Å². The van der Waals surface area contributed by atoms with E-state index in [0.717, 1.165) is 30.5 Å². The summed E-state index contributed by atoms with van der Waals surface area (Å²) in [5.74, 6) is -0.967. The Labute approximate surface area is 243 Å². The lowest BCUT2D eigenvalue weighted by molar-refractivity contribution is -0.142. The number of halogens is 2. The van der Waals surface area contributed by atoms with Gasteiger partial charge in [0.2, 0.25) is 5.91 Å². The highest BCUT2D eigenvalue weighted by atomic mass is 35.5. The molecule has 0 spiro atoms. The zero-order valence-electron chi connectivity index (χ0n) is 22.4. The molecule has 2 N–H and O–H groups in total. The highest BCUT2D eigenvalue weighted by molar-refractivity contribution is 7.92. The number of ether oxygens (including phenoxy) is 2. The number of benzene rings is 3. The third kappa shape index (κ3) is 8.66. The third-order valence-electron chi connectivity index (χ3n) is 6.55. The fourth-order valence-corrected chi connectivity index (χ4v) is 5.40. The molecule has 3 aromatic rings. The number of carbonyl (C=O) groups excluding carboxylic acids is 2. The monoisotopic (exact) mass is 603 g/mol. The summed E-state index contributed by atoms with van der Waals surface area (Å²) >= 11 is 6.00. The van der Waals surface area contributed by atoms with E-state index in [9.17, 15) is 22.4 Å². The minimum atomic E-state index is -3.92. The number of anilines is 1. The summed E-state index contributed by atoms with van der Waals surface area (Å²) < 4.78 is 52.0. The van der Waals surface area contributed by atoms with Crippen LogP contribution in [0.25, 0.3) is 0 Å². The summed E-state index contributed by atoms with van der Waals surface area (Å²) in [5.41, 5.74) is 0.997. The van der Waals surface area contributed by atoms with E-state index in [0.29, 0.717) is 18.2 Å². The zero-order valence-corrected chi connectivity index (χ0v) is 24.0. The van der Waals surface area contributed by atoms with Crippen LogP contribution in [0, 0.1) is 5.82 Å². The molecule has 0 bridgehead atoms. The Hall–Kier alpha value is -3.67. The normalized spacial score (nSPS) is 15.6.